The van der Waals surface area contributed by atoms with Gasteiger partial charge in [0.1, 0.15) is 5.82 Å². The number of halogens is 8. The second-order valence-corrected chi connectivity index (χ2v) is 13.4. The lowest BCUT2D eigenvalue weighted by atomic mass is 9.73. The summed E-state index contributed by atoms with van der Waals surface area (Å²) in [5.74, 6) is -6.50. The van der Waals surface area contributed by atoms with Crippen LogP contribution in [0.1, 0.15) is 131 Å². The van der Waals surface area contributed by atoms with Crippen LogP contribution in [0.3, 0.4) is 0 Å². The minimum atomic E-state index is -5.24. The molecule has 1 unspecified atom stereocenters. The summed E-state index contributed by atoms with van der Waals surface area (Å²) in [5, 5.41) is 0. The Balaban J connectivity index is 1.20. The largest absolute Gasteiger partial charge is 0.573 e. The Hall–Kier alpha value is -2.32. The van der Waals surface area contributed by atoms with Crippen LogP contribution in [0, 0.1) is 46.8 Å². The van der Waals surface area contributed by atoms with Crippen molar-refractivity contribution in [1.29, 1.82) is 0 Å². The highest BCUT2D eigenvalue weighted by molar-refractivity contribution is 5.41. The molecule has 0 heterocycles. The van der Waals surface area contributed by atoms with E-state index in [0.717, 1.165) is 37.3 Å². The molecular formula is C35H42F8O. The number of unbranched alkanes of at least 4 members (excludes halogenated alkanes) is 1. The van der Waals surface area contributed by atoms with Crippen molar-refractivity contribution in [1.82, 2.24) is 0 Å². The molecule has 0 radical (unpaired) electrons. The Kier molecular flexibility index (Phi) is 10.5. The van der Waals surface area contributed by atoms with Gasteiger partial charge in [-0.25, -0.2) is 22.0 Å². The van der Waals surface area contributed by atoms with Gasteiger partial charge < -0.3 is 4.74 Å². The van der Waals surface area contributed by atoms with Crippen molar-refractivity contribution in [3.63, 3.8) is 0 Å². The van der Waals surface area contributed by atoms with E-state index in [1.54, 1.807) is 0 Å². The normalized spacial score (nSPS) is 26.0. The monoisotopic (exact) mass is 630 g/mol. The molecule has 244 valence electrons. The van der Waals surface area contributed by atoms with E-state index in [-0.39, 0.29) is 41.0 Å². The van der Waals surface area contributed by atoms with Crippen LogP contribution in [0.15, 0.2) is 12.1 Å². The predicted molar refractivity (Wildman–Crippen MR) is 153 cm³/mol. The predicted octanol–water partition coefficient (Wildman–Crippen LogP) is 11.6. The first-order chi connectivity index (χ1) is 20.9. The van der Waals surface area contributed by atoms with Crippen molar-refractivity contribution in [3.8, 4) is 5.75 Å². The zero-order chi connectivity index (χ0) is 31.6. The van der Waals surface area contributed by atoms with E-state index in [1.807, 2.05) is 0 Å². The molecule has 2 aromatic rings. The van der Waals surface area contributed by atoms with E-state index >= 15 is 13.2 Å². The van der Waals surface area contributed by atoms with Crippen molar-refractivity contribution >= 4 is 0 Å². The maximum atomic E-state index is 15.8. The SMILES string of the molecule is CCCCC1CCC(CCC2CCc3c(F)c(C4CCC(c5cc(F)c(OC(F)(F)F)c(F)c5)CC4)c(F)c(F)c3C2)CC1. The number of fused-ring (bicyclic) bond motifs is 1. The Morgan fingerprint density at radius 3 is 1.82 bits per heavy atom. The van der Waals surface area contributed by atoms with Crippen LogP contribution in [-0.2, 0) is 12.8 Å². The van der Waals surface area contributed by atoms with Gasteiger partial charge in [-0.2, -0.15) is 0 Å². The van der Waals surface area contributed by atoms with E-state index in [9.17, 15) is 22.0 Å². The first kappa shape index (κ1) is 33.1. The topological polar surface area (TPSA) is 9.23 Å². The van der Waals surface area contributed by atoms with Crippen LogP contribution in [0.4, 0.5) is 35.1 Å². The average molecular weight is 631 g/mol. The quantitative estimate of drug-likeness (QED) is 0.198. The molecule has 0 aliphatic heterocycles. The van der Waals surface area contributed by atoms with Crippen molar-refractivity contribution in [2.75, 3.05) is 0 Å². The van der Waals surface area contributed by atoms with Gasteiger partial charge in [0.2, 0.25) is 5.75 Å². The number of alkyl halides is 3. The van der Waals surface area contributed by atoms with Gasteiger partial charge in [0.05, 0.1) is 0 Å². The first-order valence-corrected chi connectivity index (χ1v) is 16.4. The fourth-order valence-corrected chi connectivity index (χ4v) is 8.11. The number of benzene rings is 2. The smallest absolute Gasteiger partial charge is 0.399 e. The number of hydrogen-bond donors (Lipinski definition) is 0. The van der Waals surface area contributed by atoms with Gasteiger partial charge in [-0.05, 0) is 110 Å². The summed E-state index contributed by atoms with van der Waals surface area (Å²) in [4.78, 5) is 0. The Labute approximate surface area is 254 Å². The summed E-state index contributed by atoms with van der Waals surface area (Å²) in [6.45, 7) is 2.23. The van der Waals surface area contributed by atoms with E-state index in [2.05, 4.69) is 11.7 Å². The summed E-state index contributed by atoms with van der Waals surface area (Å²) in [7, 11) is 0. The van der Waals surface area contributed by atoms with Crippen LogP contribution in [0.2, 0.25) is 0 Å². The molecule has 2 aromatic carbocycles. The van der Waals surface area contributed by atoms with Crippen LogP contribution in [-0.4, -0.2) is 6.36 Å². The second-order valence-electron chi connectivity index (χ2n) is 13.4. The fourth-order valence-electron chi connectivity index (χ4n) is 8.11. The third kappa shape index (κ3) is 7.55. The molecule has 2 fully saturated rings. The maximum absolute atomic E-state index is 15.8. The summed E-state index contributed by atoms with van der Waals surface area (Å²) in [6, 6.07) is 1.62. The van der Waals surface area contributed by atoms with Gasteiger partial charge in [-0.3, -0.25) is 0 Å². The lowest BCUT2D eigenvalue weighted by molar-refractivity contribution is -0.276. The number of ether oxygens (including phenoxy) is 1. The van der Waals surface area contributed by atoms with Gasteiger partial charge in [0.15, 0.2) is 23.3 Å². The molecule has 3 aliphatic carbocycles. The lowest BCUT2D eigenvalue weighted by Crippen LogP contribution is -2.23. The van der Waals surface area contributed by atoms with Gasteiger partial charge in [-0.1, -0.05) is 58.3 Å². The zero-order valence-corrected chi connectivity index (χ0v) is 25.3. The number of rotatable bonds is 9. The third-order valence-corrected chi connectivity index (χ3v) is 10.6. The highest BCUT2D eigenvalue weighted by atomic mass is 19.4. The molecule has 0 aromatic heterocycles. The minimum Gasteiger partial charge on any atom is -0.399 e. The van der Waals surface area contributed by atoms with Gasteiger partial charge >= 0.3 is 6.36 Å². The molecule has 3 aliphatic rings. The minimum absolute atomic E-state index is 0.154. The molecule has 0 bridgehead atoms. The maximum Gasteiger partial charge on any atom is 0.573 e. The Morgan fingerprint density at radius 1 is 0.659 bits per heavy atom. The molecule has 1 atom stereocenters. The van der Waals surface area contributed by atoms with Crippen LogP contribution in [0.25, 0.3) is 0 Å². The van der Waals surface area contributed by atoms with Crippen molar-refractivity contribution in [2.24, 2.45) is 17.8 Å². The van der Waals surface area contributed by atoms with Crippen LogP contribution >= 0.6 is 0 Å². The fraction of sp³-hybridized carbons (Fsp3) is 0.657. The lowest BCUT2D eigenvalue weighted by Gasteiger charge is -2.33. The highest BCUT2D eigenvalue weighted by Gasteiger charge is 2.37. The van der Waals surface area contributed by atoms with Crippen molar-refractivity contribution in [2.45, 2.75) is 128 Å². The van der Waals surface area contributed by atoms with E-state index in [0.29, 0.717) is 31.6 Å². The average Bonchev–Trinajstić information content (AvgIpc) is 3.00. The third-order valence-electron chi connectivity index (χ3n) is 10.6. The summed E-state index contributed by atoms with van der Waals surface area (Å²) in [5.41, 5.74) is 0.354. The Morgan fingerprint density at radius 2 is 1.23 bits per heavy atom. The van der Waals surface area contributed by atoms with Gasteiger partial charge in [0.25, 0.3) is 0 Å². The summed E-state index contributed by atoms with van der Waals surface area (Å²) < 4.78 is 116. The molecule has 5 rings (SSSR count). The van der Waals surface area contributed by atoms with Crippen LogP contribution in [0.5, 0.6) is 5.75 Å². The zero-order valence-electron chi connectivity index (χ0n) is 25.3. The summed E-state index contributed by atoms with van der Waals surface area (Å²) in [6.07, 6.45) is 8.25. The van der Waals surface area contributed by atoms with E-state index in [1.165, 1.54) is 44.9 Å². The summed E-state index contributed by atoms with van der Waals surface area (Å²) >= 11 is 0. The van der Waals surface area contributed by atoms with Gasteiger partial charge in [-0.15, -0.1) is 13.2 Å². The first-order valence-electron chi connectivity index (χ1n) is 16.4. The van der Waals surface area contributed by atoms with E-state index in [4.69, 9.17) is 0 Å². The Bertz CT molecular complexity index is 1270. The van der Waals surface area contributed by atoms with Crippen LogP contribution < -0.4 is 4.74 Å². The molecular weight excluding hydrogens is 588 g/mol. The molecule has 9 heteroatoms. The molecule has 0 N–H and O–H groups in total. The molecule has 0 amide bonds. The van der Waals surface area contributed by atoms with E-state index < -0.39 is 53.0 Å². The molecule has 1 nitrogen and oxygen atoms in total. The van der Waals surface area contributed by atoms with Crippen molar-refractivity contribution in [3.05, 3.63) is 63.5 Å². The second kappa shape index (κ2) is 14.0. The molecule has 44 heavy (non-hydrogen) atoms. The molecule has 0 saturated heterocycles. The molecule has 2 saturated carbocycles. The van der Waals surface area contributed by atoms with Gasteiger partial charge in [0, 0.05) is 5.56 Å². The standard InChI is InChI=1S/C35H42F8O/c1-2-3-4-20-5-7-21(8-6-20)9-10-22-11-16-26-27(17-22)32(39)33(40)30(31(26)38)24-14-12-23(13-15-24)25-18-28(36)34(29(37)19-25)44-35(41,42)43/h18-24H,2-17H2,1H3. The highest BCUT2D eigenvalue weighted by Crippen LogP contribution is 2.46. The van der Waals surface area contributed by atoms with Crippen molar-refractivity contribution < 1.29 is 39.9 Å². The molecule has 0 spiro atoms. The number of hydrogen-bond acceptors (Lipinski definition) is 1.